The Bertz CT molecular complexity index is 1780. The molecule has 0 saturated carbocycles. The van der Waals surface area contributed by atoms with E-state index in [1.807, 2.05) is 36.4 Å². The molecule has 0 unspecified atom stereocenters. The van der Waals surface area contributed by atoms with Crippen LogP contribution in [0, 0.1) is 20.8 Å². The number of rotatable bonds is 8. The monoisotopic (exact) mass is 716 g/mol. The molecule has 0 bridgehead atoms. The molecule has 49 heavy (non-hydrogen) atoms. The molecule has 0 atom stereocenters. The number of hydrogen-bond donors (Lipinski definition) is 0. The Morgan fingerprint density at radius 1 is 0.408 bits per heavy atom. The largest absolute Gasteiger partial charge is 0.574 e. The predicted octanol–water partition coefficient (Wildman–Crippen LogP) is 8.18. The number of benzene rings is 5. The number of hydrogen-bond acceptors (Lipinski definition) is 2. The van der Waals surface area contributed by atoms with E-state index >= 15 is 0 Å². The van der Waals surface area contributed by atoms with Gasteiger partial charge in [0.1, 0.15) is 0 Å². The van der Waals surface area contributed by atoms with Crippen molar-refractivity contribution in [2.24, 2.45) is 0 Å². The summed E-state index contributed by atoms with van der Waals surface area (Å²) in [7, 11) is -2.39. The summed E-state index contributed by atoms with van der Waals surface area (Å²) in [6.45, 7) is 6.87. The summed E-state index contributed by atoms with van der Waals surface area (Å²) in [5, 5.41) is 5.92. The molecule has 0 aliphatic rings. The van der Waals surface area contributed by atoms with Crippen molar-refractivity contribution in [1.29, 1.82) is 0 Å². The molecule has 244 valence electrons. The van der Waals surface area contributed by atoms with Gasteiger partial charge in [-0.05, 0) is 105 Å². The van der Waals surface area contributed by atoms with Crippen molar-refractivity contribution in [1.82, 2.24) is 9.97 Å². The van der Waals surface area contributed by atoms with Crippen molar-refractivity contribution in [2.45, 2.75) is 20.8 Å². The molecule has 6 heteroatoms. The summed E-state index contributed by atoms with van der Waals surface area (Å²) >= 11 is 0. The Balaban J connectivity index is 0.000000303. The second-order valence-electron chi connectivity index (χ2n) is 12.0. The Hall–Kier alpha value is -4.18. The van der Waals surface area contributed by atoms with Gasteiger partial charge in [-0.15, -0.1) is 0 Å². The first-order chi connectivity index (χ1) is 23.6. The van der Waals surface area contributed by atoms with E-state index in [-0.39, 0.29) is 16.5 Å². The van der Waals surface area contributed by atoms with Gasteiger partial charge in [-0.2, -0.15) is 0 Å². The summed E-state index contributed by atoms with van der Waals surface area (Å²) in [5.41, 5.74) is 7.55. The molecule has 0 radical (unpaired) electrons. The number of aromatic nitrogens is 2. The van der Waals surface area contributed by atoms with Gasteiger partial charge in [0.25, 0.3) is 0 Å². The van der Waals surface area contributed by atoms with E-state index in [2.05, 4.69) is 164 Å². The summed E-state index contributed by atoms with van der Waals surface area (Å²) < 4.78 is 0. The van der Waals surface area contributed by atoms with Crippen LogP contribution >= 0.6 is 15.6 Å². The fourth-order valence-corrected chi connectivity index (χ4v) is 15.4. The molecule has 2 heterocycles. The fraction of sp³-hybridized carbons (Fsp3) is 0.0698. The van der Waals surface area contributed by atoms with E-state index < -0.39 is 15.6 Å². The normalized spacial score (nSPS) is 10.6. The van der Waals surface area contributed by atoms with Crippen molar-refractivity contribution < 1.29 is 16.5 Å². The van der Waals surface area contributed by atoms with Crippen LogP contribution in [0.4, 0.5) is 0 Å². The molecule has 0 N–H and O–H groups in total. The topological polar surface area (TPSA) is 25.8 Å². The molecule has 2 aromatic heterocycles. The van der Waals surface area contributed by atoms with Crippen molar-refractivity contribution in [3.8, 4) is 11.4 Å². The molecule has 0 aliphatic heterocycles. The van der Waals surface area contributed by atoms with E-state index in [4.69, 9.17) is 0 Å². The maximum atomic E-state index is 4.19. The van der Waals surface area contributed by atoms with Crippen LogP contribution in [0.5, 0.6) is 0 Å². The zero-order valence-electron chi connectivity index (χ0n) is 28.1. The summed E-state index contributed by atoms with van der Waals surface area (Å²) in [5.74, 6) is 0. The Morgan fingerprint density at radius 3 is 1.00 bits per heavy atom. The third kappa shape index (κ3) is 9.09. The molecule has 0 amide bonds. The molecule has 2 nitrogen and oxygen atoms in total. The van der Waals surface area contributed by atoms with Crippen molar-refractivity contribution >= 4 is 48.4 Å². The first-order valence-electron chi connectivity index (χ1n) is 16.5. The fourth-order valence-electron chi connectivity index (χ4n) is 6.58. The maximum Gasteiger partial charge on any atom is 0.574 e. The van der Waals surface area contributed by atoms with Gasteiger partial charge in [-0.1, -0.05) is 103 Å². The van der Waals surface area contributed by atoms with Gasteiger partial charge in [-0.3, -0.25) is 9.97 Å². The van der Waals surface area contributed by atoms with Crippen LogP contribution in [-0.4, -0.2) is 16.1 Å². The zero-order valence-corrected chi connectivity index (χ0v) is 31.1. The van der Waals surface area contributed by atoms with Crippen LogP contribution in [0.2, 0.25) is 0 Å². The van der Waals surface area contributed by atoms with E-state index in [1.54, 1.807) is 17.9 Å². The second-order valence-corrected chi connectivity index (χ2v) is 17.7. The Morgan fingerprint density at radius 2 is 0.714 bits per heavy atom. The summed E-state index contributed by atoms with van der Waals surface area (Å²) in [6, 6.07) is 61.6. The zero-order chi connectivity index (χ0) is 33.1. The van der Waals surface area contributed by atoms with Crippen LogP contribution < -0.4 is 26.7 Å². The van der Waals surface area contributed by atoms with Crippen molar-refractivity contribution in [2.75, 3.05) is 0 Å². The van der Waals surface area contributed by atoms with Crippen molar-refractivity contribution in [3.05, 3.63) is 199 Å². The van der Waals surface area contributed by atoms with Crippen molar-refractivity contribution in [3.63, 3.8) is 0 Å². The Kier molecular flexibility index (Phi) is 13.3. The van der Waals surface area contributed by atoms with Crippen LogP contribution in [0.15, 0.2) is 182 Å². The first kappa shape index (κ1) is 36.1. The Labute approximate surface area is 304 Å². The quantitative estimate of drug-likeness (QED) is 0.117. The average Bonchev–Trinajstić information content (AvgIpc) is 3.14. The smallest absolute Gasteiger partial charge is 0.255 e. The van der Waals surface area contributed by atoms with Gasteiger partial charge in [0.2, 0.25) is 0 Å². The first-order valence-corrected chi connectivity index (χ1v) is 19.6. The van der Waals surface area contributed by atoms with E-state index in [0.717, 1.165) is 11.4 Å². The van der Waals surface area contributed by atoms with Gasteiger partial charge in [0.15, 0.2) is 0 Å². The molecule has 0 aliphatic carbocycles. The maximum absolute atomic E-state index is 4.19. The number of nitrogens with zero attached hydrogens (tertiary/aromatic N) is 2. The molecule has 0 fully saturated rings. The van der Waals surface area contributed by atoms with E-state index in [1.165, 1.54) is 37.9 Å². The van der Waals surface area contributed by atoms with Crippen LogP contribution in [0.1, 0.15) is 16.7 Å². The van der Waals surface area contributed by atoms with Crippen LogP contribution in [0.25, 0.3) is 11.4 Å². The molecular formula is C43H41BN2NiP2+2. The molecule has 7 aromatic rings. The predicted molar refractivity (Wildman–Crippen MR) is 214 cm³/mol. The van der Waals surface area contributed by atoms with E-state index in [9.17, 15) is 0 Å². The number of pyridine rings is 2. The molecule has 0 saturated heterocycles. The minimum absolute atomic E-state index is 0. The minimum atomic E-state index is -1.19. The molecule has 5 aromatic carbocycles. The third-order valence-corrected chi connectivity index (χ3v) is 15.8. The second kappa shape index (κ2) is 18.0. The van der Waals surface area contributed by atoms with Gasteiger partial charge in [0, 0.05) is 34.3 Å². The van der Waals surface area contributed by atoms with Gasteiger partial charge in [-0.25, -0.2) is 0 Å². The summed E-state index contributed by atoms with van der Waals surface area (Å²) in [4.78, 5) is 8.37. The van der Waals surface area contributed by atoms with E-state index in [0.29, 0.717) is 6.15 Å². The van der Waals surface area contributed by atoms with Crippen LogP contribution in [-0.2, 0) is 16.5 Å². The standard InChI is InChI=1S/C33H31BP2.C10H8N2.Ni/c1-26-24-27(2)33(28(3)25-26)34(35(29-16-8-4-9-17-29)30-18-10-5-11-19-30)36(31-20-12-6-13-21-31)32-22-14-7-15-23-32;1-3-7-11-9(5-1)10-6-2-4-8-12-10;/h4-25H,1-3H3;1-8H;/p+2. The molecule has 0 spiro atoms. The molecule has 7 rings (SSSR count). The van der Waals surface area contributed by atoms with Gasteiger partial charge < -0.3 is 0 Å². The van der Waals surface area contributed by atoms with Crippen LogP contribution in [0.3, 0.4) is 0 Å². The average molecular weight is 717 g/mol. The van der Waals surface area contributed by atoms with Gasteiger partial charge in [0.05, 0.1) is 48.2 Å². The SMILES string of the molecule is Cc1cc(C)c(B([PH+](c2ccccc2)c2ccccc2)[PH+](c2ccccc2)c2ccccc2)c(C)c1.[Ni].c1ccc(-c2ccccn2)nc1. The summed E-state index contributed by atoms with van der Waals surface area (Å²) in [6.07, 6.45) is 3.95. The number of aryl methyl sites for hydroxylation is 3. The molecular weight excluding hydrogens is 676 g/mol. The minimum Gasteiger partial charge on any atom is -0.255 e. The third-order valence-electron chi connectivity index (χ3n) is 8.54. The van der Waals surface area contributed by atoms with Gasteiger partial charge >= 0.3 is 6.15 Å².